The van der Waals surface area contributed by atoms with Crippen LogP contribution >= 0.6 is 27.3 Å². The number of nitrogens with zero attached hydrogens (tertiary/aromatic N) is 1. The van der Waals surface area contributed by atoms with Crippen molar-refractivity contribution in [2.45, 2.75) is 39.2 Å². The number of thiazole rings is 1. The second kappa shape index (κ2) is 8.15. The van der Waals surface area contributed by atoms with Crippen molar-refractivity contribution in [1.29, 1.82) is 0 Å². The first kappa shape index (κ1) is 18.1. The van der Waals surface area contributed by atoms with E-state index in [1.165, 1.54) is 22.3 Å². The third-order valence-corrected chi connectivity index (χ3v) is 5.75. The zero-order valence-corrected chi connectivity index (χ0v) is 16.8. The third kappa shape index (κ3) is 4.70. The van der Waals surface area contributed by atoms with Crippen LogP contribution < -0.4 is 5.32 Å². The van der Waals surface area contributed by atoms with Crippen molar-refractivity contribution in [3.05, 3.63) is 51.0 Å². The summed E-state index contributed by atoms with van der Waals surface area (Å²) in [6, 6.07) is 8.39. The standard InChI is InChI=1S/C19H22BrN3OS/c1-12(2)7-8-14(23-18(24)17-11-22-19(20)25-17)9-13-10-21-16-6-4-3-5-15(13)16/h3-6,10-12,14,21H,7-9H2,1-2H3,(H,23,24). The number of nitrogens with one attached hydrogen (secondary N) is 2. The molecule has 25 heavy (non-hydrogen) atoms. The summed E-state index contributed by atoms with van der Waals surface area (Å²) in [5.74, 6) is 0.566. The van der Waals surface area contributed by atoms with Gasteiger partial charge in [0.2, 0.25) is 0 Å². The third-order valence-electron chi connectivity index (χ3n) is 4.27. The average Bonchev–Trinajstić information content (AvgIpc) is 3.19. The number of benzene rings is 1. The molecular formula is C19H22BrN3OS. The molecule has 0 saturated carbocycles. The van der Waals surface area contributed by atoms with E-state index in [-0.39, 0.29) is 11.9 Å². The molecule has 0 saturated heterocycles. The fourth-order valence-electron chi connectivity index (χ4n) is 2.94. The minimum atomic E-state index is -0.0446. The van der Waals surface area contributed by atoms with Gasteiger partial charge in [-0.15, -0.1) is 11.3 Å². The normalized spacial score (nSPS) is 12.6. The number of fused-ring (bicyclic) bond motifs is 1. The molecular weight excluding hydrogens is 398 g/mol. The molecule has 6 heteroatoms. The van der Waals surface area contributed by atoms with E-state index >= 15 is 0 Å². The molecule has 2 heterocycles. The molecule has 0 bridgehead atoms. The molecule has 4 nitrogen and oxygen atoms in total. The highest BCUT2D eigenvalue weighted by Crippen LogP contribution is 2.22. The number of H-pyrrole nitrogens is 1. The maximum atomic E-state index is 12.5. The predicted octanol–water partition coefficient (Wildman–Crippen LogP) is 5.16. The van der Waals surface area contributed by atoms with Crippen LogP contribution in [0.3, 0.4) is 0 Å². The molecule has 1 atom stereocenters. The topological polar surface area (TPSA) is 57.8 Å². The molecule has 2 aromatic heterocycles. The Morgan fingerprint density at radius 3 is 2.84 bits per heavy atom. The molecule has 2 N–H and O–H groups in total. The van der Waals surface area contributed by atoms with Crippen LogP contribution in [0.5, 0.6) is 0 Å². The van der Waals surface area contributed by atoms with Crippen LogP contribution in [0.2, 0.25) is 0 Å². The number of hydrogen-bond acceptors (Lipinski definition) is 3. The Morgan fingerprint density at radius 1 is 1.32 bits per heavy atom. The molecule has 0 aliphatic heterocycles. The van der Waals surface area contributed by atoms with E-state index in [0.29, 0.717) is 10.8 Å². The number of rotatable bonds is 7. The Balaban J connectivity index is 1.75. The van der Waals surface area contributed by atoms with Gasteiger partial charge < -0.3 is 10.3 Å². The molecule has 132 valence electrons. The Labute approximate surface area is 160 Å². The average molecular weight is 420 g/mol. The lowest BCUT2D eigenvalue weighted by molar-refractivity contribution is 0.0937. The summed E-state index contributed by atoms with van der Waals surface area (Å²) in [5, 5.41) is 4.43. The number of carbonyl (C=O) groups excluding carboxylic acids is 1. The van der Waals surface area contributed by atoms with Gasteiger partial charge in [0.15, 0.2) is 3.92 Å². The highest BCUT2D eigenvalue weighted by molar-refractivity contribution is 9.11. The molecule has 0 radical (unpaired) electrons. The van der Waals surface area contributed by atoms with E-state index in [0.717, 1.165) is 28.7 Å². The van der Waals surface area contributed by atoms with Gasteiger partial charge in [0.05, 0.1) is 6.20 Å². The van der Waals surface area contributed by atoms with Crippen molar-refractivity contribution in [2.24, 2.45) is 5.92 Å². The van der Waals surface area contributed by atoms with Gasteiger partial charge in [-0.3, -0.25) is 4.79 Å². The lowest BCUT2D eigenvalue weighted by Gasteiger charge is -2.19. The van der Waals surface area contributed by atoms with Gasteiger partial charge in [-0.25, -0.2) is 4.98 Å². The Bertz CT molecular complexity index is 855. The highest BCUT2D eigenvalue weighted by Gasteiger charge is 2.18. The lowest BCUT2D eigenvalue weighted by Crippen LogP contribution is -2.36. The summed E-state index contributed by atoms with van der Waals surface area (Å²) < 4.78 is 0.730. The van der Waals surface area contributed by atoms with Crippen LogP contribution in [-0.2, 0) is 6.42 Å². The number of para-hydroxylation sites is 1. The van der Waals surface area contributed by atoms with Crippen molar-refractivity contribution in [2.75, 3.05) is 0 Å². The van der Waals surface area contributed by atoms with Gasteiger partial charge in [0.1, 0.15) is 4.88 Å². The number of aromatic amines is 1. The predicted molar refractivity (Wildman–Crippen MR) is 107 cm³/mol. The first-order valence-electron chi connectivity index (χ1n) is 8.50. The number of amides is 1. The Morgan fingerprint density at radius 2 is 2.12 bits per heavy atom. The summed E-state index contributed by atoms with van der Waals surface area (Å²) in [4.78, 5) is 20.6. The summed E-state index contributed by atoms with van der Waals surface area (Å²) >= 11 is 4.68. The van der Waals surface area contributed by atoms with Crippen LogP contribution in [0, 0.1) is 5.92 Å². The van der Waals surface area contributed by atoms with Crippen LogP contribution in [-0.4, -0.2) is 21.9 Å². The minimum absolute atomic E-state index is 0.0446. The molecule has 0 aliphatic rings. The molecule has 0 aliphatic carbocycles. The minimum Gasteiger partial charge on any atom is -0.361 e. The second-order valence-electron chi connectivity index (χ2n) is 6.68. The van der Waals surface area contributed by atoms with Gasteiger partial charge in [-0.2, -0.15) is 0 Å². The van der Waals surface area contributed by atoms with E-state index in [4.69, 9.17) is 0 Å². The maximum Gasteiger partial charge on any atom is 0.263 e. The van der Waals surface area contributed by atoms with Crippen molar-refractivity contribution in [3.63, 3.8) is 0 Å². The number of aromatic nitrogens is 2. The Hall–Kier alpha value is -1.66. The first-order valence-corrected chi connectivity index (χ1v) is 10.1. The largest absolute Gasteiger partial charge is 0.361 e. The van der Waals surface area contributed by atoms with E-state index in [1.807, 2.05) is 6.07 Å². The summed E-state index contributed by atoms with van der Waals surface area (Å²) in [6.45, 7) is 4.43. The van der Waals surface area contributed by atoms with E-state index in [9.17, 15) is 4.79 Å². The zero-order valence-electron chi connectivity index (χ0n) is 14.4. The molecule has 1 amide bonds. The second-order valence-corrected chi connectivity index (χ2v) is 8.99. The van der Waals surface area contributed by atoms with E-state index < -0.39 is 0 Å². The first-order chi connectivity index (χ1) is 12.0. The number of hydrogen-bond donors (Lipinski definition) is 2. The van der Waals surface area contributed by atoms with Crippen LogP contribution in [0.1, 0.15) is 41.9 Å². The zero-order chi connectivity index (χ0) is 17.8. The summed E-state index contributed by atoms with van der Waals surface area (Å²) in [7, 11) is 0. The van der Waals surface area contributed by atoms with Gasteiger partial charge in [-0.1, -0.05) is 32.0 Å². The molecule has 1 aromatic carbocycles. The van der Waals surface area contributed by atoms with Gasteiger partial charge >= 0.3 is 0 Å². The molecule has 3 aromatic rings. The van der Waals surface area contributed by atoms with Crippen molar-refractivity contribution in [1.82, 2.24) is 15.3 Å². The summed E-state index contributed by atoms with van der Waals surface area (Å²) in [6.07, 6.45) is 6.54. The monoisotopic (exact) mass is 419 g/mol. The van der Waals surface area contributed by atoms with Crippen LogP contribution in [0.15, 0.2) is 40.6 Å². The lowest BCUT2D eigenvalue weighted by atomic mass is 9.97. The quantitative estimate of drug-likeness (QED) is 0.555. The smallest absolute Gasteiger partial charge is 0.263 e. The number of carbonyl (C=O) groups is 1. The molecule has 0 spiro atoms. The maximum absolute atomic E-state index is 12.5. The van der Waals surface area contributed by atoms with Crippen molar-refractivity contribution in [3.8, 4) is 0 Å². The van der Waals surface area contributed by atoms with Gasteiger partial charge in [0.25, 0.3) is 5.91 Å². The van der Waals surface area contributed by atoms with E-state index in [1.54, 1.807) is 6.20 Å². The van der Waals surface area contributed by atoms with Crippen LogP contribution in [0.25, 0.3) is 10.9 Å². The van der Waals surface area contributed by atoms with Crippen molar-refractivity contribution >= 4 is 44.1 Å². The fraction of sp³-hybridized carbons (Fsp3) is 0.368. The molecule has 3 rings (SSSR count). The van der Waals surface area contributed by atoms with Gasteiger partial charge in [0, 0.05) is 23.1 Å². The Kier molecular flexibility index (Phi) is 5.91. The fourth-order valence-corrected chi connectivity index (χ4v) is 4.11. The molecule has 1 unspecified atom stereocenters. The number of halogens is 1. The van der Waals surface area contributed by atoms with Gasteiger partial charge in [-0.05, 0) is 52.7 Å². The summed E-state index contributed by atoms with van der Waals surface area (Å²) in [5.41, 5.74) is 2.38. The van der Waals surface area contributed by atoms with Crippen molar-refractivity contribution < 1.29 is 4.79 Å². The molecule has 0 fully saturated rings. The van der Waals surface area contributed by atoms with Crippen LogP contribution in [0.4, 0.5) is 0 Å². The van der Waals surface area contributed by atoms with E-state index in [2.05, 4.69) is 69.5 Å². The highest BCUT2D eigenvalue weighted by atomic mass is 79.9. The SMILES string of the molecule is CC(C)CCC(Cc1c[nH]c2ccccc12)NC(=O)c1cnc(Br)s1.